The van der Waals surface area contributed by atoms with Crippen LogP contribution in [0.1, 0.15) is 23.5 Å². The molecule has 1 aliphatic heterocycles. The molecule has 0 bridgehead atoms. The van der Waals surface area contributed by atoms with Crippen LogP contribution in [-0.4, -0.2) is 56.8 Å². The third-order valence-corrected chi connectivity index (χ3v) is 7.93. The molecule has 4 rings (SSSR count). The van der Waals surface area contributed by atoms with E-state index in [1.54, 1.807) is 12.1 Å². The first-order valence-corrected chi connectivity index (χ1v) is 11.8. The average Bonchev–Trinajstić information content (AvgIpc) is 3.55. The second kappa shape index (κ2) is 8.49. The number of alkyl halides is 3. The zero-order chi connectivity index (χ0) is 23.1. The number of benzene rings is 2. The minimum atomic E-state index is -4.39. The maximum atomic E-state index is 12.8. The number of rotatable bonds is 5. The predicted octanol–water partition coefficient (Wildman–Crippen LogP) is 3.38. The number of carbonyl (C=O) groups excluding carboxylic acids is 1. The normalized spacial score (nSPS) is 22.5. The number of piperazine rings is 1. The summed E-state index contributed by atoms with van der Waals surface area (Å²) >= 11 is 0. The van der Waals surface area contributed by atoms with Crippen LogP contribution in [0.2, 0.25) is 0 Å². The summed E-state index contributed by atoms with van der Waals surface area (Å²) < 4.78 is 65.1. The van der Waals surface area contributed by atoms with Crippen molar-refractivity contribution in [2.45, 2.75) is 23.4 Å². The Morgan fingerprint density at radius 1 is 0.969 bits per heavy atom. The summed E-state index contributed by atoms with van der Waals surface area (Å²) in [7, 11) is -1.63. The Morgan fingerprint density at radius 3 is 2.12 bits per heavy atom. The van der Waals surface area contributed by atoms with E-state index in [0.717, 1.165) is 12.1 Å². The van der Waals surface area contributed by atoms with Gasteiger partial charge >= 0.3 is 6.18 Å². The quantitative estimate of drug-likeness (QED) is 0.732. The second-order valence-corrected chi connectivity index (χ2v) is 10.2. The molecule has 1 saturated carbocycles. The van der Waals surface area contributed by atoms with Gasteiger partial charge in [0.05, 0.1) is 10.5 Å². The van der Waals surface area contributed by atoms with Gasteiger partial charge in [0.25, 0.3) is 0 Å². The Bertz CT molecular complexity index is 1080. The van der Waals surface area contributed by atoms with E-state index >= 15 is 0 Å². The van der Waals surface area contributed by atoms with Gasteiger partial charge in [0, 0.05) is 37.8 Å². The van der Waals surface area contributed by atoms with Crippen molar-refractivity contribution in [2.24, 2.45) is 5.92 Å². The molecule has 172 valence electrons. The number of likely N-dealkylation sites (N-methyl/N-ethyl adjacent to an activating group) is 1. The Morgan fingerprint density at radius 2 is 1.56 bits per heavy atom. The summed E-state index contributed by atoms with van der Waals surface area (Å²) in [4.78, 5) is 14.8. The monoisotopic (exact) mass is 467 g/mol. The number of halogens is 3. The number of hydrogen-bond acceptors (Lipinski definition) is 4. The number of anilines is 1. The van der Waals surface area contributed by atoms with E-state index < -0.39 is 21.8 Å². The second-order valence-electron chi connectivity index (χ2n) is 8.29. The molecule has 2 fully saturated rings. The number of carbonyl (C=O) groups is 1. The average molecular weight is 468 g/mol. The van der Waals surface area contributed by atoms with E-state index in [-0.39, 0.29) is 22.6 Å². The van der Waals surface area contributed by atoms with Gasteiger partial charge in [0.15, 0.2) is 0 Å². The van der Waals surface area contributed by atoms with Gasteiger partial charge < -0.3 is 10.2 Å². The first-order chi connectivity index (χ1) is 15.1. The third-order valence-electron chi connectivity index (χ3n) is 6.02. The number of nitrogens with zero attached hydrogens (tertiary/aromatic N) is 2. The van der Waals surface area contributed by atoms with Crippen LogP contribution in [0.5, 0.6) is 0 Å². The van der Waals surface area contributed by atoms with Gasteiger partial charge in [-0.15, -0.1) is 0 Å². The predicted molar refractivity (Wildman–Crippen MR) is 114 cm³/mol. The number of hydrogen-bond donors (Lipinski definition) is 1. The van der Waals surface area contributed by atoms with Gasteiger partial charge in [0.2, 0.25) is 15.9 Å². The summed E-state index contributed by atoms with van der Waals surface area (Å²) in [6.45, 7) is 2.22. The molecule has 2 aromatic rings. The van der Waals surface area contributed by atoms with Gasteiger partial charge in [-0.25, -0.2) is 8.42 Å². The Kier molecular flexibility index (Phi) is 6.04. The van der Waals surface area contributed by atoms with Crippen LogP contribution in [0, 0.1) is 5.92 Å². The molecule has 0 spiro atoms. The van der Waals surface area contributed by atoms with E-state index in [2.05, 4.69) is 10.2 Å². The maximum Gasteiger partial charge on any atom is 0.416 e. The lowest BCUT2D eigenvalue weighted by Gasteiger charge is -2.31. The van der Waals surface area contributed by atoms with Gasteiger partial charge in [0.1, 0.15) is 0 Å². The fraction of sp³-hybridized carbons (Fsp3) is 0.409. The summed E-state index contributed by atoms with van der Waals surface area (Å²) in [5.41, 5.74) is 0.465. The molecule has 2 unspecified atom stereocenters. The first-order valence-electron chi connectivity index (χ1n) is 10.3. The molecular weight excluding hydrogens is 443 g/mol. The molecule has 1 saturated heterocycles. The molecule has 0 radical (unpaired) electrons. The van der Waals surface area contributed by atoms with E-state index in [1.807, 2.05) is 7.05 Å². The molecule has 2 aromatic carbocycles. The van der Waals surface area contributed by atoms with Crippen molar-refractivity contribution in [3.8, 4) is 0 Å². The molecule has 2 atom stereocenters. The van der Waals surface area contributed by atoms with Crippen molar-refractivity contribution in [2.75, 3.05) is 38.5 Å². The highest BCUT2D eigenvalue weighted by Crippen LogP contribution is 2.48. The largest absolute Gasteiger partial charge is 0.416 e. The van der Waals surface area contributed by atoms with Crippen LogP contribution in [0.4, 0.5) is 18.9 Å². The SMILES string of the molecule is CN1CCN(S(=O)(=O)c2ccc(NC(=O)C3CC3c3ccc(C(F)(F)F)cc3)cc2)CC1. The fourth-order valence-electron chi connectivity index (χ4n) is 3.90. The number of sulfonamides is 1. The fourth-order valence-corrected chi connectivity index (χ4v) is 5.32. The summed E-state index contributed by atoms with van der Waals surface area (Å²) in [6.07, 6.45) is -3.82. The topological polar surface area (TPSA) is 69.7 Å². The van der Waals surface area contributed by atoms with Crippen LogP contribution in [0.15, 0.2) is 53.4 Å². The van der Waals surface area contributed by atoms with Crippen molar-refractivity contribution in [1.29, 1.82) is 0 Å². The third kappa shape index (κ3) is 4.82. The van der Waals surface area contributed by atoms with Crippen molar-refractivity contribution in [3.05, 3.63) is 59.7 Å². The summed E-state index contributed by atoms with van der Waals surface area (Å²) in [5, 5.41) is 2.77. The van der Waals surface area contributed by atoms with E-state index in [0.29, 0.717) is 43.9 Å². The van der Waals surface area contributed by atoms with Gasteiger partial charge in [-0.2, -0.15) is 17.5 Å². The van der Waals surface area contributed by atoms with Crippen molar-refractivity contribution in [3.63, 3.8) is 0 Å². The lowest BCUT2D eigenvalue weighted by molar-refractivity contribution is -0.137. The van der Waals surface area contributed by atoms with Crippen LogP contribution >= 0.6 is 0 Å². The molecular formula is C22H24F3N3O3S. The Hall–Kier alpha value is -2.43. The molecule has 32 heavy (non-hydrogen) atoms. The molecule has 6 nitrogen and oxygen atoms in total. The molecule has 1 aliphatic carbocycles. The minimum Gasteiger partial charge on any atom is -0.326 e. The highest BCUT2D eigenvalue weighted by atomic mass is 32.2. The van der Waals surface area contributed by atoms with Gasteiger partial charge in [-0.1, -0.05) is 12.1 Å². The van der Waals surface area contributed by atoms with Gasteiger partial charge in [-0.3, -0.25) is 4.79 Å². The smallest absolute Gasteiger partial charge is 0.326 e. The summed E-state index contributed by atoms with van der Waals surface area (Å²) in [6, 6.07) is 10.9. The molecule has 10 heteroatoms. The van der Waals surface area contributed by atoms with Crippen LogP contribution in [0.3, 0.4) is 0 Å². The van der Waals surface area contributed by atoms with Crippen LogP contribution < -0.4 is 5.32 Å². The summed E-state index contributed by atoms with van der Waals surface area (Å²) in [5.74, 6) is -0.667. The van der Waals surface area contributed by atoms with E-state index in [9.17, 15) is 26.4 Å². The van der Waals surface area contributed by atoms with Crippen LogP contribution in [0.25, 0.3) is 0 Å². The van der Waals surface area contributed by atoms with Crippen molar-refractivity contribution < 1.29 is 26.4 Å². The maximum absolute atomic E-state index is 12.8. The molecule has 2 aliphatic rings. The standard InChI is InChI=1S/C22H24F3N3O3S/c1-27-10-12-28(13-11-27)32(30,31)18-8-6-17(7-9-18)26-21(29)20-14-19(20)15-2-4-16(5-3-15)22(23,24)25/h2-9,19-20H,10-14H2,1H3,(H,26,29). The lowest BCUT2D eigenvalue weighted by Crippen LogP contribution is -2.46. The highest BCUT2D eigenvalue weighted by molar-refractivity contribution is 7.89. The van der Waals surface area contributed by atoms with E-state index in [1.165, 1.54) is 28.6 Å². The van der Waals surface area contributed by atoms with Crippen molar-refractivity contribution >= 4 is 21.6 Å². The highest BCUT2D eigenvalue weighted by Gasteiger charge is 2.44. The van der Waals surface area contributed by atoms with Crippen molar-refractivity contribution in [1.82, 2.24) is 9.21 Å². The number of amides is 1. The molecule has 1 N–H and O–H groups in total. The zero-order valence-electron chi connectivity index (χ0n) is 17.5. The Labute approximate surface area is 185 Å². The zero-order valence-corrected chi connectivity index (χ0v) is 18.3. The van der Waals surface area contributed by atoms with Crippen LogP contribution in [-0.2, 0) is 21.0 Å². The van der Waals surface area contributed by atoms with E-state index in [4.69, 9.17) is 0 Å². The van der Waals surface area contributed by atoms with Gasteiger partial charge in [-0.05, 0) is 61.3 Å². The molecule has 1 heterocycles. The Balaban J connectivity index is 1.35. The molecule has 0 aromatic heterocycles. The first kappa shape index (κ1) is 22.8. The number of nitrogens with one attached hydrogen (secondary N) is 1. The molecule has 1 amide bonds. The minimum absolute atomic E-state index is 0.117. The lowest BCUT2D eigenvalue weighted by atomic mass is 10.1.